The summed E-state index contributed by atoms with van der Waals surface area (Å²) in [5.74, 6) is -0.168. The van der Waals surface area contributed by atoms with E-state index in [1.54, 1.807) is 17.4 Å². The number of hydrogen-bond acceptors (Lipinski definition) is 3. The first-order valence-corrected chi connectivity index (χ1v) is 6.56. The summed E-state index contributed by atoms with van der Waals surface area (Å²) in [6, 6.07) is 7.44. The van der Waals surface area contributed by atoms with Gasteiger partial charge >= 0.3 is 0 Å². The molecule has 2 N–H and O–H groups in total. The van der Waals surface area contributed by atoms with Gasteiger partial charge in [0.1, 0.15) is 5.82 Å². The molecule has 0 aliphatic heterocycles. The van der Waals surface area contributed by atoms with E-state index in [9.17, 15) is 4.39 Å². The first kappa shape index (κ1) is 12.5. The van der Waals surface area contributed by atoms with Gasteiger partial charge in [-0.05, 0) is 43.6 Å². The number of rotatable bonds is 5. The molecule has 2 rings (SSSR count). The third kappa shape index (κ3) is 3.25. The van der Waals surface area contributed by atoms with Gasteiger partial charge in [0.15, 0.2) is 0 Å². The molecular formula is C13H17FN2S. The van der Waals surface area contributed by atoms with Gasteiger partial charge in [-0.3, -0.25) is 0 Å². The minimum Gasteiger partial charge on any atom is -0.318 e. The van der Waals surface area contributed by atoms with Gasteiger partial charge < -0.3 is 10.6 Å². The molecule has 0 aliphatic rings. The summed E-state index contributed by atoms with van der Waals surface area (Å²) in [7, 11) is 1.94. The van der Waals surface area contributed by atoms with Gasteiger partial charge in [0.25, 0.3) is 0 Å². The molecule has 1 aromatic carbocycles. The van der Waals surface area contributed by atoms with E-state index in [4.69, 9.17) is 0 Å². The molecule has 0 aliphatic carbocycles. The SMILES string of the molecule is CNCC(C)NCc1cc2cc(F)ccc2s1. The Hall–Kier alpha value is -0.970. The van der Waals surface area contributed by atoms with Crippen LogP contribution in [0.4, 0.5) is 4.39 Å². The Morgan fingerprint density at radius 2 is 2.18 bits per heavy atom. The van der Waals surface area contributed by atoms with E-state index in [0.29, 0.717) is 6.04 Å². The Morgan fingerprint density at radius 1 is 1.35 bits per heavy atom. The highest BCUT2D eigenvalue weighted by atomic mass is 32.1. The molecule has 0 spiro atoms. The number of halogens is 1. The molecule has 1 unspecified atom stereocenters. The van der Waals surface area contributed by atoms with Crippen LogP contribution in [0.5, 0.6) is 0 Å². The van der Waals surface area contributed by atoms with E-state index in [0.717, 1.165) is 23.2 Å². The molecule has 0 bridgehead atoms. The molecular weight excluding hydrogens is 235 g/mol. The molecule has 2 nitrogen and oxygen atoms in total. The number of fused-ring (bicyclic) bond motifs is 1. The van der Waals surface area contributed by atoms with Gasteiger partial charge in [0.2, 0.25) is 0 Å². The van der Waals surface area contributed by atoms with E-state index in [-0.39, 0.29) is 5.82 Å². The summed E-state index contributed by atoms with van der Waals surface area (Å²) in [4.78, 5) is 1.24. The zero-order chi connectivity index (χ0) is 12.3. The van der Waals surface area contributed by atoms with Crippen molar-refractivity contribution in [1.29, 1.82) is 0 Å². The zero-order valence-electron chi connectivity index (χ0n) is 10.1. The highest BCUT2D eigenvalue weighted by molar-refractivity contribution is 7.19. The average Bonchev–Trinajstić information content (AvgIpc) is 2.68. The van der Waals surface area contributed by atoms with Crippen LogP contribution in [0.3, 0.4) is 0 Å². The maximum atomic E-state index is 13.0. The minimum atomic E-state index is -0.168. The molecule has 1 atom stereocenters. The third-order valence-corrected chi connectivity index (χ3v) is 3.78. The Labute approximate surface area is 105 Å². The van der Waals surface area contributed by atoms with Gasteiger partial charge in [-0.2, -0.15) is 0 Å². The lowest BCUT2D eigenvalue weighted by Crippen LogP contribution is -2.34. The zero-order valence-corrected chi connectivity index (χ0v) is 10.9. The van der Waals surface area contributed by atoms with Crippen LogP contribution < -0.4 is 10.6 Å². The van der Waals surface area contributed by atoms with Gasteiger partial charge in [-0.25, -0.2) is 4.39 Å². The van der Waals surface area contributed by atoms with Crippen LogP contribution >= 0.6 is 11.3 Å². The fraction of sp³-hybridized carbons (Fsp3) is 0.385. The van der Waals surface area contributed by atoms with E-state index in [1.165, 1.54) is 10.9 Å². The van der Waals surface area contributed by atoms with Crippen molar-refractivity contribution in [2.45, 2.75) is 19.5 Å². The van der Waals surface area contributed by atoms with Gasteiger partial charge in [-0.15, -0.1) is 11.3 Å². The molecule has 0 amide bonds. The predicted octanol–water partition coefficient (Wildman–Crippen LogP) is 2.74. The number of nitrogens with one attached hydrogen (secondary N) is 2. The monoisotopic (exact) mass is 252 g/mol. The van der Waals surface area contributed by atoms with E-state index in [2.05, 4.69) is 23.6 Å². The summed E-state index contributed by atoms with van der Waals surface area (Å²) in [6.45, 7) is 3.92. The van der Waals surface area contributed by atoms with Crippen LogP contribution in [0.15, 0.2) is 24.3 Å². The van der Waals surface area contributed by atoms with Crippen LogP contribution in [0.1, 0.15) is 11.8 Å². The van der Waals surface area contributed by atoms with E-state index < -0.39 is 0 Å². The van der Waals surface area contributed by atoms with Crippen molar-refractivity contribution >= 4 is 21.4 Å². The Morgan fingerprint density at radius 3 is 2.94 bits per heavy atom. The van der Waals surface area contributed by atoms with Crippen molar-refractivity contribution in [1.82, 2.24) is 10.6 Å². The lowest BCUT2D eigenvalue weighted by molar-refractivity contribution is 0.526. The van der Waals surface area contributed by atoms with Crippen molar-refractivity contribution in [3.8, 4) is 0 Å². The molecule has 1 heterocycles. The standard InChI is InChI=1S/C13H17FN2S/c1-9(7-15-2)16-8-12-6-10-5-11(14)3-4-13(10)17-12/h3-6,9,15-16H,7-8H2,1-2H3. The molecule has 92 valence electrons. The second-order valence-corrected chi connectivity index (χ2v) is 5.40. The molecule has 0 fully saturated rings. The largest absolute Gasteiger partial charge is 0.318 e. The predicted molar refractivity (Wildman–Crippen MR) is 72.0 cm³/mol. The van der Waals surface area contributed by atoms with Gasteiger partial charge in [-0.1, -0.05) is 0 Å². The third-order valence-electron chi connectivity index (χ3n) is 2.66. The first-order valence-electron chi connectivity index (χ1n) is 5.75. The molecule has 0 saturated carbocycles. The second-order valence-electron chi connectivity index (χ2n) is 4.23. The summed E-state index contributed by atoms with van der Waals surface area (Å²) in [5.41, 5.74) is 0. The number of thiophene rings is 1. The van der Waals surface area contributed by atoms with Crippen molar-refractivity contribution in [2.75, 3.05) is 13.6 Å². The van der Waals surface area contributed by atoms with Gasteiger partial charge in [0.05, 0.1) is 0 Å². The van der Waals surface area contributed by atoms with Gasteiger partial charge in [0, 0.05) is 28.7 Å². The molecule has 2 aromatic rings. The van der Waals surface area contributed by atoms with Crippen LogP contribution in [0, 0.1) is 5.82 Å². The van der Waals surface area contributed by atoms with Crippen molar-refractivity contribution in [3.05, 3.63) is 35.0 Å². The number of benzene rings is 1. The quantitative estimate of drug-likeness (QED) is 0.855. The van der Waals surface area contributed by atoms with Crippen LogP contribution in [-0.4, -0.2) is 19.6 Å². The van der Waals surface area contributed by atoms with Crippen LogP contribution in [-0.2, 0) is 6.54 Å². The lowest BCUT2D eigenvalue weighted by atomic mass is 10.2. The molecule has 0 saturated heterocycles. The van der Waals surface area contributed by atoms with Crippen molar-refractivity contribution in [3.63, 3.8) is 0 Å². The fourth-order valence-corrected chi connectivity index (χ4v) is 2.81. The maximum Gasteiger partial charge on any atom is 0.123 e. The highest BCUT2D eigenvalue weighted by Crippen LogP contribution is 2.26. The fourth-order valence-electron chi connectivity index (χ4n) is 1.81. The first-order chi connectivity index (χ1) is 8.19. The number of hydrogen-bond donors (Lipinski definition) is 2. The lowest BCUT2D eigenvalue weighted by Gasteiger charge is -2.11. The van der Waals surface area contributed by atoms with E-state index in [1.807, 2.05) is 13.1 Å². The maximum absolute atomic E-state index is 13.0. The summed E-state index contributed by atoms with van der Waals surface area (Å²) < 4.78 is 14.2. The summed E-state index contributed by atoms with van der Waals surface area (Å²) in [5, 5.41) is 7.55. The van der Waals surface area contributed by atoms with Crippen LogP contribution in [0.25, 0.3) is 10.1 Å². The Balaban J connectivity index is 2.04. The Bertz CT molecular complexity index is 495. The summed E-state index contributed by atoms with van der Waals surface area (Å²) in [6.07, 6.45) is 0. The normalized spacial score (nSPS) is 13.1. The molecule has 0 radical (unpaired) electrons. The van der Waals surface area contributed by atoms with E-state index >= 15 is 0 Å². The Kier molecular flexibility index (Phi) is 4.10. The molecule has 4 heteroatoms. The molecule has 1 aromatic heterocycles. The summed E-state index contributed by atoms with van der Waals surface area (Å²) >= 11 is 1.72. The highest BCUT2D eigenvalue weighted by Gasteiger charge is 2.04. The topological polar surface area (TPSA) is 24.1 Å². The van der Waals surface area contributed by atoms with Crippen LogP contribution in [0.2, 0.25) is 0 Å². The second kappa shape index (κ2) is 5.58. The minimum absolute atomic E-state index is 0.168. The molecule has 17 heavy (non-hydrogen) atoms. The average molecular weight is 252 g/mol. The van der Waals surface area contributed by atoms with Crippen molar-refractivity contribution < 1.29 is 4.39 Å². The van der Waals surface area contributed by atoms with Crippen molar-refractivity contribution in [2.24, 2.45) is 0 Å². The smallest absolute Gasteiger partial charge is 0.123 e. The number of likely N-dealkylation sites (N-methyl/N-ethyl adjacent to an activating group) is 1.